The Bertz CT molecular complexity index is 384. The summed E-state index contributed by atoms with van der Waals surface area (Å²) in [6.45, 7) is 5.76. The van der Waals surface area contributed by atoms with Crippen LogP contribution in [0.1, 0.15) is 20.8 Å². The Kier molecular flexibility index (Phi) is 2.68. The summed E-state index contributed by atoms with van der Waals surface area (Å²) < 4.78 is 10.5. The van der Waals surface area contributed by atoms with Crippen LogP contribution in [0.3, 0.4) is 0 Å². The lowest BCUT2D eigenvalue weighted by Crippen LogP contribution is -2.39. The number of ether oxygens (including phenoxy) is 2. The van der Waals surface area contributed by atoms with E-state index in [1.165, 1.54) is 0 Å². The molecule has 1 aromatic carbocycles. The van der Waals surface area contributed by atoms with Crippen LogP contribution in [0.5, 0.6) is 11.5 Å². The topological polar surface area (TPSA) is 50.7 Å². The van der Waals surface area contributed by atoms with E-state index in [1.54, 1.807) is 13.8 Å². The Balaban J connectivity index is 2.11. The first kappa shape index (κ1) is 11.1. The first-order valence-corrected chi connectivity index (χ1v) is 5.35. The van der Waals surface area contributed by atoms with Gasteiger partial charge in [-0.15, -0.1) is 0 Å². The summed E-state index contributed by atoms with van der Waals surface area (Å²) in [5.74, 6) is 1.51. The molecule has 0 saturated carbocycles. The zero-order valence-corrected chi connectivity index (χ0v) is 9.78. The molecular formula is C12H17NO3. The van der Waals surface area contributed by atoms with Gasteiger partial charge in [0.2, 0.25) is 6.79 Å². The van der Waals surface area contributed by atoms with Crippen molar-refractivity contribution in [2.75, 3.05) is 12.1 Å². The fourth-order valence-electron chi connectivity index (χ4n) is 1.41. The van der Waals surface area contributed by atoms with Gasteiger partial charge >= 0.3 is 0 Å². The van der Waals surface area contributed by atoms with Crippen LogP contribution in [-0.2, 0) is 0 Å². The first-order valence-electron chi connectivity index (χ1n) is 5.35. The fourth-order valence-corrected chi connectivity index (χ4v) is 1.41. The quantitative estimate of drug-likeness (QED) is 0.822. The average molecular weight is 223 g/mol. The second kappa shape index (κ2) is 3.87. The van der Waals surface area contributed by atoms with Crippen LogP contribution in [0.25, 0.3) is 0 Å². The van der Waals surface area contributed by atoms with E-state index in [0.717, 1.165) is 17.2 Å². The van der Waals surface area contributed by atoms with Gasteiger partial charge in [0.1, 0.15) is 0 Å². The molecule has 1 atom stereocenters. The smallest absolute Gasteiger partial charge is 0.231 e. The second-order valence-corrected chi connectivity index (χ2v) is 4.59. The van der Waals surface area contributed by atoms with E-state index >= 15 is 0 Å². The third kappa shape index (κ3) is 2.22. The molecule has 2 N–H and O–H groups in total. The van der Waals surface area contributed by atoms with Gasteiger partial charge in [0.05, 0.1) is 11.6 Å². The molecule has 16 heavy (non-hydrogen) atoms. The van der Waals surface area contributed by atoms with E-state index in [4.69, 9.17) is 9.47 Å². The lowest BCUT2D eigenvalue weighted by molar-refractivity contribution is 0.0649. The number of rotatable bonds is 3. The summed E-state index contributed by atoms with van der Waals surface area (Å²) in [6.07, 6.45) is 0. The summed E-state index contributed by atoms with van der Waals surface area (Å²) in [6, 6.07) is 5.61. The third-order valence-corrected chi connectivity index (χ3v) is 2.82. The molecule has 0 amide bonds. The molecule has 0 spiro atoms. The van der Waals surface area contributed by atoms with Crippen molar-refractivity contribution in [2.45, 2.75) is 32.4 Å². The van der Waals surface area contributed by atoms with Gasteiger partial charge in [-0.05, 0) is 32.9 Å². The Labute approximate surface area is 95.2 Å². The Hall–Kier alpha value is -1.42. The number of nitrogens with one attached hydrogen (secondary N) is 1. The predicted molar refractivity (Wildman–Crippen MR) is 61.9 cm³/mol. The maximum atomic E-state index is 9.82. The molecule has 4 heteroatoms. The predicted octanol–water partition coefficient (Wildman–Crippen LogP) is 1.99. The maximum Gasteiger partial charge on any atom is 0.231 e. The van der Waals surface area contributed by atoms with Gasteiger partial charge in [0.25, 0.3) is 0 Å². The van der Waals surface area contributed by atoms with Gasteiger partial charge in [-0.3, -0.25) is 0 Å². The minimum Gasteiger partial charge on any atom is -0.454 e. The minimum absolute atomic E-state index is 0.0483. The largest absolute Gasteiger partial charge is 0.454 e. The highest BCUT2D eigenvalue weighted by molar-refractivity contribution is 5.56. The molecule has 0 aromatic heterocycles. The van der Waals surface area contributed by atoms with Crippen LogP contribution < -0.4 is 14.8 Å². The first-order chi connectivity index (χ1) is 7.47. The van der Waals surface area contributed by atoms with Crippen molar-refractivity contribution in [1.82, 2.24) is 0 Å². The van der Waals surface area contributed by atoms with E-state index in [1.807, 2.05) is 25.1 Å². The summed E-state index contributed by atoms with van der Waals surface area (Å²) >= 11 is 0. The number of hydrogen-bond donors (Lipinski definition) is 2. The summed E-state index contributed by atoms with van der Waals surface area (Å²) in [5, 5.41) is 13.0. The lowest BCUT2D eigenvalue weighted by atomic mass is 10.0. The van der Waals surface area contributed by atoms with Gasteiger partial charge < -0.3 is 19.9 Å². The standard InChI is InChI=1S/C12H17NO3/c1-8(12(2,3)14)13-9-4-5-10-11(6-9)16-7-15-10/h4-6,8,13-14H,7H2,1-3H3. The maximum absolute atomic E-state index is 9.82. The number of hydrogen-bond acceptors (Lipinski definition) is 4. The summed E-state index contributed by atoms with van der Waals surface area (Å²) in [5.41, 5.74) is 0.148. The minimum atomic E-state index is -0.767. The highest BCUT2D eigenvalue weighted by Gasteiger charge is 2.22. The number of benzene rings is 1. The van der Waals surface area contributed by atoms with Gasteiger partial charge in [-0.25, -0.2) is 0 Å². The van der Waals surface area contributed by atoms with Crippen molar-refractivity contribution in [1.29, 1.82) is 0 Å². The molecule has 88 valence electrons. The number of anilines is 1. The molecule has 1 heterocycles. The second-order valence-electron chi connectivity index (χ2n) is 4.59. The zero-order chi connectivity index (χ0) is 11.8. The van der Waals surface area contributed by atoms with Crippen LogP contribution in [0.4, 0.5) is 5.69 Å². The van der Waals surface area contributed by atoms with E-state index in [9.17, 15) is 5.11 Å². The average Bonchev–Trinajstić information content (AvgIpc) is 2.63. The molecule has 0 fully saturated rings. The molecule has 0 bridgehead atoms. The van der Waals surface area contributed by atoms with E-state index in [0.29, 0.717) is 0 Å². The molecule has 0 radical (unpaired) electrons. The van der Waals surface area contributed by atoms with Crippen LogP contribution in [0.2, 0.25) is 0 Å². The molecule has 0 saturated heterocycles. The molecule has 0 aliphatic carbocycles. The number of fused-ring (bicyclic) bond motifs is 1. The monoisotopic (exact) mass is 223 g/mol. The Morgan fingerprint density at radius 3 is 2.69 bits per heavy atom. The Morgan fingerprint density at radius 1 is 1.31 bits per heavy atom. The summed E-state index contributed by atoms with van der Waals surface area (Å²) in [7, 11) is 0. The SMILES string of the molecule is CC(Nc1ccc2c(c1)OCO2)C(C)(C)O. The lowest BCUT2D eigenvalue weighted by Gasteiger charge is -2.27. The van der Waals surface area contributed by atoms with Crippen molar-refractivity contribution in [3.63, 3.8) is 0 Å². The Morgan fingerprint density at radius 2 is 2.00 bits per heavy atom. The van der Waals surface area contributed by atoms with Gasteiger partial charge in [-0.2, -0.15) is 0 Å². The molecular weight excluding hydrogens is 206 g/mol. The van der Waals surface area contributed by atoms with Crippen LogP contribution in [-0.4, -0.2) is 23.5 Å². The fraction of sp³-hybridized carbons (Fsp3) is 0.500. The van der Waals surface area contributed by atoms with Crippen molar-refractivity contribution in [3.8, 4) is 11.5 Å². The molecule has 1 unspecified atom stereocenters. The highest BCUT2D eigenvalue weighted by atomic mass is 16.7. The van der Waals surface area contributed by atoms with Crippen molar-refractivity contribution in [2.24, 2.45) is 0 Å². The molecule has 4 nitrogen and oxygen atoms in total. The van der Waals surface area contributed by atoms with E-state index in [2.05, 4.69) is 5.32 Å². The van der Waals surface area contributed by atoms with E-state index < -0.39 is 5.60 Å². The van der Waals surface area contributed by atoms with Crippen molar-refractivity contribution >= 4 is 5.69 Å². The zero-order valence-electron chi connectivity index (χ0n) is 9.78. The van der Waals surface area contributed by atoms with Crippen LogP contribution in [0, 0.1) is 0 Å². The summed E-state index contributed by atoms with van der Waals surface area (Å²) in [4.78, 5) is 0. The molecule has 2 rings (SSSR count). The number of aliphatic hydroxyl groups is 1. The molecule has 1 aliphatic heterocycles. The van der Waals surface area contributed by atoms with E-state index in [-0.39, 0.29) is 12.8 Å². The highest BCUT2D eigenvalue weighted by Crippen LogP contribution is 2.34. The van der Waals surface area contributed by atoms with Gasteiger partial charge in [0, 0.05) is 11.8 Å². The molecule has 1 aliphatic rings. The van der Waals surface area contributed by atoms with Crippen molar-refractivity contribution in [3.05, 3.63) is 18.2 Å². The van der Waals surface area contributed by atoms with Crippen LogP contribution >= 0.6 is 0 Å². The third-order valence-electron chi connectivity index (χ3n) is 2.82. The van der Waals surface area contributed by atoms with Crippen molar-refractivity contribution < 1.29 is 14.6 Å². The van der Waals surface area contributed by atoms with Gasteiger partial charge in [0.15, 0.2) is 11.5 Å². The normalized spacial score (nSPS) is 16.0. The van der Waals surface area contributed by atoms with Gasteiger partial charge in [-0.1, -0.05) is 0 Å². The molecule has 1 aromatic rings. The van der Waals surface area contributed by atoms with Crippen LogP contribution in [0.15, 0.2) is 18.2 Å².